The molecule has 28 heavy (non-hydrogen) atoms. The molecule has 4 nitrogen and oxygen atoms in total. The van der Waals surface area contributed by atoms with Gasteiger partial charge in [0.15, 0.2) is 5.16 Å². The van der Waals surface area contributed by atoms with E-state index >= 15 is 0 Å². The summed E-state index contributed by atoms with van der Waals surface area (Å²) < 4.78 is 3.21. The molecule has 1 amide bonds. The summed E-state index contributed by atoms with van der Waals surface area (Å²) >= 11 is 5.02. The van der Waals surface area contributed by atoms with E-state index < -0.39 is 0 Å². The predicted molar refractivity (Wildman–Crippen MR) is 118 cm³/mol. The number of aromatic nitrogens is 2. The number of amides is 1. The molecule has 1 aliphatic heterocycles. The fraction of sp³-hybridized carbons (Fsp3) is 0.273. The van der Waals surface area contributed by atoms with E-state index in [1.54, 1.807) is 0 Å². The van der Waals surface area contributed by atoms with Crippen molar-refractivity contribution >= 4 is 33.6 Å². The Bertz CT molecular complexity index is 978. The summed E-state index contributed by atoms with van der Waals surface area (Å²) in [5, 5.41) is 0.847. The zero-order valence-electron chi connectivity index (χ0n) is 15.8. The van der Waals surface area contributed by atoms with Gasteiger partial charge in [-0.25, -0.2) is 4.98 Å². The maximum atomic E-state index is 12.5. The van der Waals surface area contributed by atoms with Crippen LogP contribution in [0.25, 0.3) is 16.9 Å². The minimum absolute atomic E-state index is 0.201. The number of para-hydroxylation sites is 1. The highest BCUT2D eigenvalue weighted by Crippen LogP contribution is 2.32. The van der Waals surface area contributed by atoms with Gasteiger partial charge in [0.1, 0.15) is 0 Å². The van der Waals surface area contributed by atoms with Crippen molar-refractivity contribution in [2.24, 2.45) is 0 Å². The molecule has 2 heterocycles. The van der Waals surface area contributed by atoms with Crippen molar-refractivity contribution in [3.63, 3.8) is 0 Å². The van der Waals surface area contributed by atoms with Gasteiger partial charge in [0.25, 0.3) is 0 Å². The third-order valence-corrected chi connectivity index (χ3v) is 6.48. The number of rotatable bonds is 5. The van der Waals surface area contributed by atoms with Crippen molar-refractivity contribution in [2.45, 2.75) is 24.9 Å². The number of nitrogens with zero attached hydrogens (tertiary/aromatic N) is 3. The van der Waals surface area contributed by atoms with Gasteiger partial charge in [-0.3, -0.25) is 9.36 Å². The van der Waals surface area contributed by atoms with Crippen LogP contribution in [0.5, 0.6) is 0 Å². The molecule has 0 radical (unpaired) electrons. The van der Waals surface area contributed by atoms with E-state index in [4.69, 9.17) is 0 Å². The Morgan fingerprint density at radius 3 is 2.54 bits per heavy atom. The van der Waals surface area contributed by atoms with E-state index in [0.717, 1.165) is 52.5 Å². The lowest BCUT2D eigenvalue weighted by Gasteiger charge is -2.16. The van der Waals surface area contributed by atoms with Crippen molar-refractivity contribution in [3.05, 3.63) is 64.8 Å². The van der Waals surface area contributed by atoms with Crippen LogP contribution in [0.1, 0.15) is 18.4 Å². The fourth-order valence-electron chi connectivity index (χ4n) is 3.49. The Morgan fingerprint density at radius 2 is 1.82 bits per heavy atom. The molecule has 6 heteroatoms. The number of likely N-dealkylation sites (tertiary alicyclic amines) is 1. The number of hydrogen-bond donors (Lipinski definition) is 0. The summed E-state index contributed by atoms with van der Waals surface area (Å²) in [5.74, 6) is 0.620. The molecule has 0 spiro atoms. The summed E-state index contributed by atoms with van der Waals surface area (Å²) in [5.41, 5.74) is 4.38. The third-order valence-electron chi connectivity index (χ3n) is 5.01. The maximum Gasteiger partial charge on any atom is 0.233 e. The number of hydrogen-bond acceptors (Lipinski definition) is 3. The molecule has 0 unspecified atom stereocenters. The van der Waals surface area contributed by atoms with E-state index in [1.165, 1.54) is 17.3 Å². The smallest absolute Gasteiger partial charge is 0.233 e. The Hall–Kier alpha value is -2.05. The van der Waals surface area contributed by atoms with Crippen molar-refractivity contribution in [2.75, 3.05) is 18.8 Å². The molecule has 1 aromatic heterocycles. The monoisotopic (exact) mass is 455 g/mol. The molecule has 144 valence electrons. The van der Waals surface area contributed by atoms with Crippen LogP contribution in [0.2, 0.25) is 0 Å². The van der Waals surface area contributed by atoms with Gasteiger partial charge in [-0.05, 0) is 43.5 Å². The van der Waals surface area contributed by atoms with Gasteiger partial charge in [-0.1, -0.05) is 58.0 Å². The highest BCUT2D eigenvalue weighted by atomic mass is 79.9. The molecule has 0 bridgehead atoms. The quantitative estimate of drug-likeness (QED) is 0.488. The molecule has 1 fully saturated rings. The SMILES string of the molecule is Cc1ccccc1-n1c(-c2ccc(Br)cc2)cnc1SCC(=O)N1CCCC1. The Labute approximate surface area is 178 Å². The first kappa shape index (κ1) is 19.3. The second-order valence-electron chi connectivity index (χ2n) is 6.93. The zero-order valence-corrected chi connectivity index (χ0v) is 18.2. The Morgan fingerprint density at radius 1 is 1.11 bits per heavy atom. The van der Waals surface area contributed by atoms with Crippen molar-refractivity contribution in [1.82, 2.24) is 14.5 Å². The molecular formula is C22H22BrN3OS. The van der Waals surface area contributed by atoms with Crippen molar-refractivity contribution in [3.8, 4) is 16.9 Å². The van der Waals surface area contributed by atoms with Crippen LogP contribution in [0.15, 0.2) is 64.4 Å². The lowest BCUT2D eigenvalue weighted by atomic mass is 10.1. The Kier molecular flexibility index (Phi) is 5.87. The molecular weight excluding hydrogens is 434 g/mol. The van der Waals surface area contributed by atoms with Crippen LogP contribution in [-0.4, -0.2) is 39.2 Å². The number of benzene rings is 2. The van der Waals surface area contributed by atoms with E-state index in [2.05, 4.69) is 56.7 Å². The summed E-state index contributed by atoms with van der Waals surface area (Å²) in [7, 11) is 0. The number of halogens is 1. The first-order valence-corrected chi connectivity index (χ1v) is 11.2. The molecule has 4 rings (SSSR count). The van der Waals surface area contributed by atoms with Crippen LogP contribution in [-0.2, 0) is 4.79 Å². The van der Waals surface area contributed by atoms with Gasteiger partial charge in [0, 0.05) is 23.1 Å². The number of aryl methyl sites for hydroxylation is 1. The Balaban J connectivity index is 1.69. The first-order valence-electron chi connectivity index (χ1n) is 9.44. The topological polar surface area (TPSA) is 38.1 Å². The van der Waals surface area contributed by atoms with Crippen LogP contribution >= 0.6 is 27.7 Å². The standard InChI is InChI=1S/C22H22BrN3OS/c1-16-6-2-3-7-19(16)26-20(17-8-10-18(23)11-9-17)14-24-22(26)28-15-21(27)25-12-4-5-13-25/h2-3,6-11,14H,4-5,12-13,15H2,1H3. The second kappa shape index (κ2) is 8.53. The molecule has 2 aromatic carbocycles. The normalized spacial score (nSPS) is 13.9. The molecule has 3 aromatic rings. The van der Waals surface area contributed by atoms with Crippen LogP contribution in [0.3, 0.4) is 0 Å². The van der Waals surface area contributed by atoms with Crippen LogP contribution in [0, 0.1) is 6.92 Å². The average molecular weight is 456 g/mol. The van der Waals surface area contributed by atoms with Crippen molar-refractivity contribution in [1.29, 1.82) is 0 Å². The first-order chi connectivity index (χ1) is 13.6. The van der Waals surface area contributed by atoms with E-state index in [1.807, 2.05) is 35.4 Å². The van der Waals surface area contributed by atoms with Crippen LogP contribution in [0.4, 0.5) is 0 Å². The number of thioether (sulfide) groups is 1. The summed E-state index contributed by atoms with van der Waals surface area (Å²) in [6.07, 6.45) is 4.13. The third kappa shape index (κ3) is 4.03. The molecule has 0 saturated carbocycles. The zero-order chi connectivity index (χ0) is 19.5. The van der Waals surface area contributed by atoms with Gasteiger partial charge < -0.3 is 4.90 Å². The van der Waals surface area contributed by atoms with Crippen molar-refractivity contribution < 1.29 is 4.79 Å². The molecule has 0 atom stereocenters. The fourth-order valence-corrected chi connectivity index (χ4v) is 4.64. The lowest BCUT2D eigenvalue weighted by molar-refractivity contribution is -0.127. The van der Waals surface area contributed by atoms with Gasteiger partial charge in [-0.15, -0.1) is 0 Å². The van der Waals surface area contributed by atoms with Gasteiger partial charge >= 0.3 is 0 Å². The predicted octanol–water partition coefficient (Wildman–Crippen LogP) is 5.32. The molecule has 1 saturated heterocycles. The van der Waals surface area contributed by atoms with Gasteiger partial charge in [0.2, 0.25) is 5.91 Å². The van der Waals surface area contributed by atoms with E-state index in [-0.39, 0.29) is 5.91 Å². The summed E-state index contributed by atoms with van der Waals surface area (Å²) in [4.78, 5) is 19.1. The molecule has 0 N–H and O–H groups in total. The summed E-state index contributed by atoms with van der Waals surface area (Å²) in [6, 6.07) is 16.5. The number of carbonyl (C=O) groups excluding carboxylic acids is 1. The minimum Gasteiger partial charge on any atom is -0.342 e. The molecule has 1 aliphatic rings. The summed E-state index contributed by atoms with van der Waals surface area (Å²) in [6.45, 7) is 3.87. The number of carbonyl (C=O) groups is 1. The molecule has 0 aliphatic carbocycles. The highest BCUT2D eigenvalue weighted by molar-refractivity contribution is 9.10. The van der Waals surface area contributed by atoms with E-state index in [9.17, 15) is 4.79 Å². The van der Waals surface area contributed by atoms with Gasteiger partial charge in [0.05, 0.1) is 23.3 Å². The van der Waals surface area contributed by atoms with E-state index in [0.29, 0.717) is 5.75 Å². The average Bonchev–Trinajstić information content (AvgIpc) is 3.37. The maximum absolute atomic E-state index is 12.5. The van der Waals surface area contributed by atoms with Crippen LogP contribution < -0.4 is 0 Å². The lowest BCUT2D eigenvalue weighted by Crippen LogP contribution is -2.29. The number of imidazole rings is 1. The largest absolute Gasteiger partial charge is 0.342 e. The second-order valence-corrected chi connectivity index (χ2v) is 8.79. The minimum atomic E-state index is 0.201. The highest BCUT2D eigenvalue weighted by Gasteiger charge is 2.20. The van der Waals surface area contributed by atoms with Gasteiger partial charge in [-0.2, -0.15) is 0 Å².